The number of rotatable bonds is 3. The molecule has 2 rings (SSSR count). The highest BCUT2D eigenvalue weighted by molar-refractivity contribution is 7.08. The van der Waals surface area contributed by atoms with Crippen LogP contribution in [-0.4, -0.2) is 32.2 Å². The van der Waals surface area contributed by atoms with E-state index in [4.69, 9.17) is 5.11 Å². The van der Waals surface area contributed by atoms with Crippen LogP contribution in [0.25, 0.3) is 0 Å². The number of aliphatic hydroxyl groups excluding tert-OH is 1. The zero-order chi connectivity index (χ0) is 14.4. The lowest BCUT2D eigenvalue weighted by Gasteiger charge is -2.02. The normalized spacial score (nSPS) is 9.70. The van der Waals surface area contributed by atoms with E-state index in [0.29, 0.717) is 22.8 Å². The maximum atomic E-state index is 12.0. The largest absolute Gasteiger partial charge is 0.395 e. The number of hydrogen-bond acceptors (Lipinski definition) is 6. The van der Waals surface area contributed by atoms with E-state index in [9.17, 15) is 4.79 Å². The fourth-order valence-electron chi connectivity index (χ4n) is 1.41. The Balaban J connectivity index is 2.11. The molecule has 0 aliphatic rings. The summed E-state index contributed by atoms with van der Waals surface area (Å²) in [6, 6.07) is 3.41. The summed E-state index contributed by atoms with van der Waals surface area (Å²) in [5, 5.41) is 15.1. The van der Waals surface area contributed by atoms with Crippen molar-refractivity contribution in [3.05, 3.63) is 34.5 Å². The van der Waals surface area contributed by atoms with Crippen molar-refractivity contribution < 1.29 is 9.90 Å². The van der Waals surface area contributed by atoms with Crippen LogP contribution in [0.1, 0.15) is 27.3 Å². The summed E-state index contributed by atoms with van der Waals surface area (Å²) in [5.41, 5.74) is 1.31. The van der Waals surface area contributed by atoms with E-state index in [0.717, 1.165) is 17.1 Å². The Morgan fingerprint density at radius 1 is 1.55 bits per heavy atom. The molecule has 0 fully saturated rings. The minimum Gasteiger partial charge on any atom is -0.395 e. The van der Waals surface area contributed by atoms with Crippen molar-refractivity contribution in [1.82, 2.24) is 14.6 Å². The topological polar surface area (TPSA) is 88.0 Å². The number of aliphatic hydroxyl groups is 1. The number of pyridine rings is 1. The van der Waals surface area contributed by atoms with Crippen LogP contribution in [0.3, 0.4) is 0 Å². The second-order valence-electron chi connectivity index (χ2n) is 3.85. The molecule has 2 heterocycles. The fourth-order valence-corrected chi connectivity index (χ4v) is 1.96. The first-order valence-corrected chi connectivity index (χ1v) is 6.64. The molecule has 0 bridgehead atoms. The monoisotopic (exact) mass is 288 g/mol. The number of nitrogens with one attached hydrogen (secondary N) is 1. The Labute approximate surface area is 120 Å². The molecule has 0 unspecified atom stereocenters. The Morgan fingerprint density at radius 2 is 2.40 bits per heavy atom. The van der Waals surface area contributed by atoms with Gasteiger partial charge < -0.3 is 10.4 Å². The number of aromatic nitrogens is 3. The molecule has 0 spiro atoms. The van der Waals surface area contributed by atoms with Crippen LogP contribution in [0, 0.1) is 18.8 Å². The summed E-state index contributed by atoms with van der Waals surface area (Å²) in [7, 11) is 0. The summed E-state index contributed by atoms with van der Waals surface area (Å²) in [5.74, 6) is 5.82. The number of carbonyl (C=O) groups excluding carboxylic acids is 1. The highest BCUT2D eigenvalue weighted by atomic mass is 32.1. The molecular formula is C13H12N4O2S. The number of hydrogen-bond donors (Lipinski definition) is 2. The summed E-state index contributed by atoms with van der Waals surface area (Å²) < 4.78 is 3.72. The minimum absolute atomic E-state index is 0.0271. The molecule has 20 heavy (non-hydrogen) atoms. The lowest BCUT2D eigenvalue weighted by molar-refractivity contribution is 0.102. The second kappa shape index (κ2) is 6.75. The maximum Gasteiger partial charge on any atom is 0.270 e. The highest BCUT2D eigenvalue weighted by Crippen LogP contribution is 2.12. The number of nitrogens with zero attached hydrogens (tertiary/aromatic N) is 3. The van der Waals surface area contributed by atoms with Gasteiger partial charge in [-0.25, -0.2) is 4.98 Å². The van der Waals surface area contributed by atoms with Gasteiger partial charge in [0.1, 0.15) is 10.7 Å². The van der Waals surface area contributed by atoms with Crippen molar-refractivity contribution in [2.45, 2.75) is 13.3 Å². The van der Waals surface area contributed by atoms with Gasteiger partial charge in [-0.1, -0.05) is 16.3 Å². The molecule has 0 aliphatic carbocycles. The molecule has 6 nitrogen and oxygen atoms in total. The molecule has 0 aliphatic heterocycles. The van der Waals surface area contributed by atoms with Gasteiger partial charge in [-0.2, -0.15) is 0 Å². The third kappa shape index (κ3) is 3.60. The summed E-state index contributed by atoms with van der Waals surface area (Å²) >= 11 is 1.04. The first-order chi connectivity index (χ1) is 9.70. The Hall–Kier alpha value is -2.30. The SMILES string of the molecule is Cc1nnsc1C(=O)Nc1cc(C#CCCO)ccn1. The van der Waals surface area contributed by atoms with E-state index in [1.165, 1.54) is 0 Å². The van der Waals surface area contributed by atoms with E-state index in [2.05, 4.69) is 31.7 Å². The van der Waals surface area contributed by atoms with Crippen molar-refractivity contribution in [2.75, 3.05) is 11.9 Å². The molecule has 2 aromatic rings. The van der Waals surface area contributed by atoms with Gasteiger partial charge in [-0.05, 0) is 30.6 Å². The summed E-state index contributed by atoms with van der Waals surface area (Å²) in [6.45, 7) is 1.75. The zero-order valence-corrected chi connectivity index (χ0v) is 11.6. The number of amides is 1. The second-order valence-corrected chi connectivity index (χ2v) is 4.60. The molecule has 0 atom stereocenters. The molecule has 2 N–H and O–H groups in total. The predicted octanol–water partition coefficient (Wildman–Crippen LogP) is 1.23. The smallest absolute Gasteiger partial charge is 0.270 e. The van der Waals surface area contributed by atoms with Gasteiger partial charge in [0.2, 0.25) is 0 Å². The van der Waals surface area contributed by atoms with Crippen LogP contribution in [-0.2, 0) is 0 Å². The Morgan fingerprint density at radius 3 is 3.10 bits per heavy atom. The van der Waals surface area contributed by atoms with Crippen molar-refractivity contribution in [3.8, 4) is 11.8 Å². The van der Waals surface area contributed by atoms with Crippen LogP contribution >= 0.6 is 11.5 Å². The predicted molar refractivity (Wildman–Crippen MR) is 75.4 cm³/mol. The van der Waals surface area contributed by atoms with Crippen LogP contribution < -0.4 is 5.32 Å². The zero-order valence-electron chi connectivity index (χ0n) is 10.8. The van der Waals surface area contributed by atoms with Gasteiger partial charge in [0, 0.05) is 18.2 Å². The molecule has 0 aromatic carbocycles. The van der Waals surface area contributed by atoms with E-state index in [1.54, 1.807) is 25.3 Å². The first-order valence-electron chi connectivity index (χ1n) is 5.87. The molecule has 2 aromatic heterocycles. The van der Waals surface area contributed by atoms with E-state index in [1.807, 2.05) is 0 Å². The molecular weight excluding hydrogens is 276 g/mol. The van der Waals surface area contributed by atoms with E-state index >= 15 is 0 Å². The number of aryl methyl sites for hydroxylation is 1. The molecule has 102 valence electrons. The quantitative estimate of drug-likeness (QED) is 0.829. The first kappa shape index (κ1) is 14.1. The van der Waals surface area contributed by atoms with Gasteiger partial charge in [0.25, 0.3) is 5.91 Å². The average molecular weight is 288 g/mol. The van der Waals surface area contributed by atoms with Gasteiger partial charge in [0.15, 0.2) is 0 Å². The van der Waals surface area contributed by atoms with Gasteiger partial charge >= 0.3 is 0 Å². The van der Waals surface area contributed by atoms with Gasteiger partial charge in [-0.3, -0.25) is 4.79 Å². The summed E-state index contributed by atoms with van der Waals surface area (Å²) in [4.78, 5) is 16.5. The lowest BCUT2D eigenvalue weighted by atomic mass is 10.2. The van der Waals surface area contributed by atoms with Gasteiger partial charge in [0.05, 0.1) is 12.3 Å². The van der Waals surface area contributed by atoms with Crippen molar-refractivity contribution in [2.24, 2.45) is 0 Å². The Bertz CT molecular complexity index is 672. The van der Waals surface area contributed by atoms with Crippen LogP contribution in [0.15, 0.2) is 18.3 Å². The third-order valence-corrected chi connectivity index (χ3v) is 3.16. The molecule has 0 radical (unpaired) electrons. The van der Waals surface area contributed by atoms with Crippen LogP contribution in [0.4, 0.5) is 5.82 Å². The lowest BCUT2D eigenvalue weighted by Crippen LogP contribution is -2.12. The summed E-state index contributed by atoms with van der Waals surface area (Å²) in [6.07, 6.45) is 1.98. The molecule has 1 amide bonds. The van der Waals surface area contributed by atoms with Crippen molar-refractivity contribution in [3.63, 3.8) is 0 Å². The molecule has 0 saturated carbocycles. The van der Waals surface area contributed by atoms with Crippen molar-refractivity contribution in [1.29, 1.82) is 0 Å². The maximum absolute atomic E-state index is 12.0. The van der Waals surface area contributed by atoms with Gasteiger partial charge in [-0.15, -0.1) is 5.10 Å². The minimum atomic E-state index is -0.287. The van der Waals surface area contributed by atoms with E-state index < -0.39 is 0 Å². The third-order valence-electron chi connectivity index (χ3n) is 2.33. The number of anilines is 1. The standard InChI is InChI=1S/C13H12N4O2S/c1-9-12(20-17-16-9)13(19)15-11-8-10(5-6-14-11)4-2-3-7-18/h5-6,8,18H,3,7H2,1H3,(H,14,15,19). The highest BCUT2D eigenvalue weighted by Gasteiger charge is 2.13. The van der Waals surface area contributed by atoms with Crippen LogP contribution in [0.5, 0.6) is 0 Å². The van der Waals surface area contributed by atoms with E-state index in [-0.39, 0.29) is 12.5 Å². The fraction of sp³-hybridized carbons (Fsp3) is 0.231. The number of carbonyl (C=O) groups is 1. The average Bonchev–Trinajstić information content (AvgIpc) is 2.86. The van der Waals surface area contributed by atoms with Crippen molar-refractivity contribution >= 4 is 23.3 Å². The Kier molecular flexibility index (Phi) is 4.76. The van der Waals surface area contributed by atoms with Crippen LogP contribution in [0.2, 0.25) is 0 Å². The molecule has 0 saturated heterocycles. The molecule has 7 heteroatoms.